The number of hydrogen-bond donors (Lipinski definition) is 1. The molecule has 1 aliphatic heterocycles. The van der Waals surface area contributed by atoms with Gasteiger partial charge in [0, 0.05) is 38.0 Å². The highest BCUT2D eigenvalue weighted by molar-refractivity contribution is 7.90. The molecule has 0 amide bonds. The highest BCUT2D eigenvalue weighted by Gasteiger charge is 2.27. The van der Waals surface area contributed by atoms with E-state index in [1.807, 2.05) is 6.07 Å². The fraction of sp³-hybridized carbons (Fsp3) is 0.625. The lowest BCUT2D eigenvalue weighted by Crippen LogP contribution is -2.57. The zero-order chi connectivity index (χ0) is 15.3. The lowest BCUT2D eigenvalue weighted by atomic mass is 10.0. The van der Waals surface area contributed by atoms with E-state index in [9.17, 15) is 8.42 Å². The van der Waals surface area contributed by atoms with Crippen LogP contribution in [0.4, 0.5) is 0 Å². The Kier molecular flexibility index (Phi) is 5.79. The maximum atomic E-state index is 11.4. The van der Waals surface area contributed by atoms with E-state index >= 15 is 0 Å². The van der Waals surface area contributed by atoms with Crippen molar-refractivity contribution in [2.75, 3.05) is 31.6 Å². The molecule has 0 radical (unpaired) electrons. The fourth-order valence-corrected chi connectivity index (χ4v) is 3.49. The highest BCUT2D eigenvalue weighted by Crippen LogP contribution is 2.13. The van der Waals surface area contributed by atoms with Gasteiger partial charge in [-0.25, -0.2) is 8.42 Å². The first kappa shape index (κ1) is 16.5. The molecule has 0 saturated carbocycles. The number of nitrogens with one attached hydrogen (secondary N) is 1. The number of sulfone groups is 1. The number of benzene rings is 1. The molecule has 2 unspecified atom stereocenters. The molecule has 0 aromatic heterocycles. The molecule has 1 N–H and O–H groups in total. The number of piperazine rings is 1. The zero-order valence-corrected chi connectivity index (χ0v) is 13.8. The first-order valence-corrected chi connectivity index (χ1v) is 9.73. The molecule has 0 spiro atoms. The van der Waals surface area contributed by atoms with Crippen LogP contribution < -0.4 is 5.32 Å². The Balaban J connectivity index is 1.94. The van der Waals surface area contributed by atoms with Crippen molar-refractivity contribution in [3.63, 3.8) is 0 Å². The molecular formula is C16H26N2O2S. The van der Waals surface area contributed by atoms with Crippen molar-refractivity contribution in [1.29, 1.82) is 0 Å². The Morgan fingerprint density at radius 2 is 2.00 bits per heavy atom. The normalized spacial score (nSPS) is 24.1. The molecule has 0 aliphatic carbocycles. The third-order valence-corrected chi connectivity index (χ3v) is 5.08. The minimum absolute atomic E-state index is 0.252. The predicted octanol–water partition coefficient (Wildman–Crippen LogP) is 1.33. The first-order valence-electron chi connectivity index (χ1n) is 7.67. The Labute approximate surface area is 128 Å². The highest BCUT2D eigenvalue weighted by atomic mass is 32.2. The van der Waals surface area contributed by atoms with Crippen molar-refractivity contribution in [3.05, 3.63) is 35.9 Å². The van der Waals surface area contributed by atoms with Crippen LogP contribution in [0, 0.1) is 0 Å². The maximum absolute atomic E-state index is 11.4. The number of hydrogen-bond acceptors (Lipinski definition) is 4. The Morgan fingerprint density at radius 1 is 1.29 bits per heavy atom. The summed E-state index contributed by atoms with van der Waals surface area (Å²) in [5.41, 5.74) is 1.33. The van der Waals surface area contributed by atoms with Crippen molar-refractivity contribution < 1.29 is 8.42 Å². The molecular weight excluding hydrogens is 284 g/mol. The third-order valence-electron chi connectivity index (χ3n) is 4.16. The summed E-state index contributed by atoms with van der Waals surface area (Å²) in [5.74, 6) is 0.252. The van der Waals surface area contributed by atoms with Crippen LogP contribution >= 0.6 is 0 Å². The van der Waals surface area contributed by atoms with Crippen LogP contribution in [-0.4, -0.2) is 57.0 Å². The van der Waals surface area contributed by atoms with E-state index in [0.29, 0.717) is 18.6 Å². The molecule has 1 aromatic carbocycles. The SMILES string of the molecule is CCC1CNC(Cc2ccccc2)CN1CCS(C)(=O)=O. The van der Waals surface area contributed by atoms with E-state index in [4.69, 9.17) is 0 Å². The largest absolute Gasteiger partial charge is 0.311 e. The quantitative estimate of drug-likeness (QED) is 0.861. The van der Waals surface area contributed by atoms with E-state index in [2.05, 4.69) is 41.4 Å². The minimum atomic E-state index is -2.89. The predicted molar refractivity (Wildman–Crippen MR) is 87.3 cm³/mol. The summed E-state index contributed by atoms with van der Waals surface area (Å²) in [6.45, 7) is 4.67. The molecule has 4 nitrogen and oxygen atoms in total. The van der Waals surface area contributed by atoms with Crippen LogP contribution in [0.25, 0.3) is 0 Å². The van der Waals surface area contributed by atoms with Gasteiger partial charge in [-0.1, -0.05) is 37.3 Å². The maximum Gasteiger partial charge on any atom is 0.148 e. The van der Waals surface area contributed by atoms with Crippen molar-refractivity contribution >= 4 is 9.84 Å². The van der Waals surface area contributed by atoms with Crippen molar-refractivity contribution in [1.82, 2.24) is 10.2 Å². The van der Waals surface area contributed by atoms with Crippen molar-refractivity contribution in [2.24, 2.45) is 0 Å². The van der Waals surface area contributed by atoms with Crippen molar-refractivity contribution in [2.45, 2.75) is 31.8 Å². The van der Waals surface area contributed by atoms with Crippen LogP contribution in [0.15, 0.2) is 30.3 Å². The summed E-state index contributed by atoms with van der Waals surface area (Å²) in [6, 6.07) is 11.3. The Hall–Kier alpha value is -0.910. The molecule has 1 aromatic rings. The minimum Gasteiger partial charge on any atom is -0.311 e. The van der Waals surface area contributed by atoms with Crippen LogP contribution in [0.1, 0.15) is 18.9 Å². The third kappa shape index (κ3) is 5.41. The van der Waals surface area contributed by atoms with E-state index in [-0.39, 0.29) is 5.75 Å². The zero-order valence-electron chi connectivity index (χ0n) is 13.0. The second-order valence-corrected chi connectivity index (χ2v) is 8.24. The molecule has 21 heavy (non-hydrogen) atoms. The topological polar surface area (TPSA) is 49.4 Å². The van der Waals surface area contributed by atoms with Crippen LogP contribution in [-0.2, 0) is 16.3 Å². The molecule has 2 rings (SSSR count). The molecule has 0 bridgehead atoms. The summed E-state index contributed by atoms with van der Waals surface area (Å²) >= 11 is 0. The van der Waals surface area contributed by atoms with Gasteiger partial charge < -0.3 is 5.32 Å². The smallest absolute Gasteiger partial charge is 0.148 e. The molecule has 1 aliphatic rings. The van der Waals surface area contributed by atoms with Crippen molar-refractivity contribution in [3.8, 4) is 0 Å². The second-order valence-electron chi connectivity index (χ2n) is 5.98. The fourth-order valence-electron chi connectivity index (χ4n) is 2.92. The van der Waals surface area contributed by atoms with Gasteiger partial charge in [-0.3, -0.25) is 4.90 Å². The summed E-state index contributed by atoms with van der Waals surface area (Å²) < 4.78 is 22.8. The van der Waals surface area contributed by atoms with Crippen LogP contribution in [0.5, 0.6) is 0 Å². The summed E-state index contributed by atoms with van der Waals surface area (Å²) in [5, 5.41) is 3.60. The molecule has 118 valence electrons. The van der Waals surface area contributed by atoms with Crippen LogP contribution in [0.3, 0.4) is 0 Å². The summed E-state index contributed by atoms with van der Waals surface area (Å²) in [4.78, 5) is 2.34. The molecule has 5 heteroatoms. The van der Waals surface area contributed by atoms with Gasteiger partial charge >= 0.3 is 0 Å². The average Bonchev–Trinajstić information content (AvgIpc) is 2.46. The Morgan fingerprint density at radius 3 is 2.62 bits per heavy atom. The molecule has 1 fully saturated rings. The second kappa shape index (κ2) is 7.38. The van der Waals surface area contributed by atoms with Crippen LogP contribution in [0.2, 0.25) is 0 Å². The van der Waals surface area contributed by atoms with Gasteiger partial charge in [0.05, 0.1) is 5.75 Å². The van der Waals surface area contributed by atoms with Gasteiger partial charge in [0.1, 0.15) is 9.84 Å². The van der Waals surface area contributed by atoms with Gasteiger partial charge in [-0.05, 0) is 18.4 Å². The summed E-state index contributed by atoms with van der Waals surface area (Å²) in [7, 11) is -2.89. The van der Waals surface area contributed by atoms with Gasteiger partial charge in [0.25, 0.3) is 0 Å². The van der Waals surface area contributed by atoms with E-state index in [1.165, 1.54) is 11.8 Å². The number of nitrogens with zero attached hydrogens (tertiary/aromatic N) is 1. The van der Waals surface area contributed by atoms with E-state index in [0.717, 1.165) is 25.9 Å². The average molecular weight is 310 g/mol. The Bertz CT molecular complexity index is 530. The lowest BCUT2D eigenvalue weighted by Gasteiger charge is -2.40. The van der Waals surface area contributed by atoms with E-state index < -0.39 is 9.84 Å². The van der Waals surface area contributed by atoms with E-state index in [1.54, 1.807) is 0 Å². The van der Waals surface area contributed by atoms with Gasteiger partial charge in [0.2, 0.25) is 0 Å². The summed E-state index contributed by atoms with van der Waals surface area (Å²) in [6.07, 6.45) is 3.36. The lowest BCUT2D eigenvalue weighted by molar-refractivity contribution is 0.134. The van der Waals surface area contributed by atoms with Gasteiger partial charge in [-0.2, -0.15) is 0 Å². The molecule has 1 heterocycles. The monoisotopic (exact) mass is 310 g/mol. The van der Waals surface area contributed by atoms with Gasteiger partial charge in [-0.15, -0.1) is 0 Å². The standard InChI is InChI=1S/C16H26N2O2S/c1-3-16-12-17-15(11-14-7-5-4-6-8-14)13-18(16)9-10-21(2,19)20/h4-8,15-17H,3,9-13H2,1-2H3. The first-order chi connectivity index (χ1) is 9.98. The van der Waals surface area contributed by atoms with Gasteiger partial charge in [0.15, 0.2) is 0 Å². The molecule has 1 saturated heterocycles. The number of rotatable bonds is 6. The molecule has 2 atom stereocenters.